The fourth-order valence-electron chi connectivity index (χ4n) is 2.75. The molecule has 3 aromatic rings. The molecule has 0 saturated carbocycles. The number of ether oxygens (including phenoxy) is 1. The van der Waals surface area contributed by atoms with Crippen molar-refractivity contribution in [1.29, 1.82) is 5.26 Å². The lowest BCUT2D eigenvalue weighted by Gasteiger charge is -2.09. The predicted octanol–water partition coefficient (Wildman–Crippen LogP) is 2.90. The zero-order valence-electron chi connectivity index (χ0n) is 16.1. The second kappa shape index (κ2) is 8.84. The molecule has 1 aromatic heterocycles. The molecule has 154 valence electrons. The van der Waals surface area contributed by atoms with E-state index in [-0.39, 0.29) is 11.3 Å². The summed E-state index contributed by atoms with van der Waals surface area (Å²) >= 11 is 0. The summed E-state index contributed by atoms with van der Waals surface area (Å²) in [5.74, 6) is -2.51. The number of carbonyl (C=O) groups is 2. The van der Waals surface area contributed by atoms with Gasteiger partial charge in [-0.15, -0.1) is 0 Å². The molecule has 9 heteroatoms. The number of rotatable bonds is 5. The first-order valence-electron chi connectivity index (χ1n) is 8.79. The van der Waals surface area contributed by atoms with Crippen LogP contribution in [0.25, 0.3) is 17.8 Å². The molecule has 1 heterocycles. The van der Waals surface area contributed by atoms with Crippen LogP contribution in [0.2, 0.25) is 0 Å². The van der Waals surface area contributed by atoms with Gasteiger partial charge in [0.15, 0.2) is 5.69 Å². The highest BCUT2D eigenvalue weighted by atomic mass is 19.1. The molecule has 0 atom stereocenters. The molecular formula is C22H14FN3O5. The molecule has 0 aliphatic rings. The summed E-state index contributed by atoms with van der Waals surface area (Å²) in [5, 5.41) is 23.0. The van der Waals surface area contributed by atoms with Crippen molar-refractivity contribution in [3.8, 4) is 11.8 Å². The zero-order chi connectivity index (χ0) is 22.5. The minimum absolute atomic E-state index is 0.110. The molecule has 0 amide bonds. The van der Waals surface area contributed by atoms with Crippen LogP contribution in [-0.4, -0.2) is 33.9 Å². The molecule has 8 nitrogen and oxygen atoms in total. The lowest BCUT2D eigenvalue weighted by atomic mass is 10.1. The lowest BCUT2D eigenvalue weighted by Crippen LogP contribution is -2.28. The first kappa shape index (κ1) is 21.1. The van der Waals surface area contributed by atoms with E-state index >= 15 is 0 Å². The van der Waals surface area contributed by atoms with Crippen molar-refractivity contribution in [3.05, 3.63) is 92.6 Å². The summed E-state index contributed by atoms with van der Waals surface area (Å²) in [6.07, 6.45) is 2.77. The van der Waals surface area contributed by atoms with Gasteiger partial charge in [-0.3, -0.25) is 4.79 Å². The molecule has 1 N–H and O–H groups in total. The number of hydrogen-bond donors (Lipinski definition) is 1. The van der Waals surface area contributed by atoms with E-state index in [1.165, 1.54) is 43.5 Å². The Hall–Kier alpha value is -4.58. The van der Waals surface area contributed by atoms with Crippen LogP contribution in [-0.2, 0) is 4.74 Å². The summed E-state index contributed by atoms with van der Waals surface area (Å²) in [6, 6.07) is 12.6. The highest BCUT2D eigenvalue weighted by Crippen LogP contribution is 2.16. The molecule has 0 radical (unpaired) electrons. The van der Waals surface area contributed by atoms with Crippen molar-refractivity contribution in [1.82, 2.24) is 9.78 Å². The van der Waals surface area contributed by atoms with E-state index in [2.05, 4.69) is 9.84 Å². The third-order valence-electron chi connectivity index (χ3n) is 4.29. The number of esters is 1. The minimum atomic E-state index is -1.45. The van der Waals surface area contributed by atoms with Crippen LogP contribution < -0.4 is 5.56 Å². The zero-order valence-corrected chi connectivity index (χ0v) is 16.1. The van der Waals surface area contributed by atoms with E-state index in [9.17, 15) is 29.1 Å². The van der Waals surface area contributed by atoms with Crippen LogP contribution in [0.5, 0.6) is 0 Å². The number of aromatic carboxylic acids is 1. The first-order valence-corrected chi connectivity index (χ1v) is 8.79. The molecular weight excluding hydrogens is 405 g/mol. The summed E-state index contributed by atoms with van der Waals surface area (Å²) in [4.78, 5) is 36.0. The number of nitriles is 1. The van der Waals surface area contributed by atoms with E-state index in [4.69, 9.17) is 0 Å². The van der Waals surface area contributed by atoms with Gasteiger partial charge in [-0.1, -0.05) is 24.3 Å². The van der Waals surface area contributed by atoms with Crippen LogP contribution in [0, 0.1) is 17.1 Å². The number of carboxylic acids is 1. The van der Waals surface area contributed by atoms with Gasteiger partial charge in [0.05, 0.1) is 18.4 Å². The minimum Gasteiger partial charge on any atom is -0.476 e. The molecule has 0 spiro atoms. The Morgan fingerprint density at radius 2 is 1.77 bits per heavy atom. The third kappa shape index (κ3) is 4.38. The van der Waals surface area contributed by atoms with E-state index in [1.807, 2.05) is 0 Å². The normalized spacial score (nSPS) is 10.6. The molecule has 0 bridgehead atoms. The predicted molar refractivity (Wildman–Crippen MR) is 108 cm³/mol. The quantitative estimate of drug-likeness (QED) is 0.631. The Bertz CT molecular complexity index is 1290. The van der Waals surface area contributed by atoms with E-state index in [0.717, 1.165) is 16.8 Å². The molecule has 0 aliphatic carbocycles. The van der Waals surface area contributed by atoms with Crippen LogP contribution in [0.3, 0.4) is 0 Å². The monoisotopic (exact) mass is 419 g/mol. The summed E-state index contributed by atoms with van der Waals surface area (Å²) in [7, 11) is 1.26. The van der Waals surface area contributed by atoms with Gasteiger partial charge < -0.3 is 9.84 Å². The Kier molecular flexibility index (Phi) is 6.02. The number of carbonyl (C=O) groups excluding carboxylic acids is 1. The fraction of sp³-hybridized carbons (Fsp3) is 0.0455. The molecule has 3 rings (SSSR count). The molecule has 0 aliphatic heterocycles. The van der Waals surface area contributed by atoms with E-state index < -0.39 is 34.6 Å². The van der Waals surface area contributed by atoms with E-state index in [1.54, 1.807) is 18.2 Å². The van der Waals surface area contributed by atoms with Crippen molar-refractivity contribution in [3.63, 3.8) is 0 Å². The van der Waals surface area contributed by atoms with Crippen molar-refractivity contribution >= 4 is 24.1 Å². The molecule has 31 heavy (non-hydrogen) atoms. The number of hydrogen-bond acceptors (Lipinski definition) is 6. The number of aromatic nitrogens is 2. The second-order valence-corrected chi connectivity index (χ2v) is 6.19. The van der Waals surface area contributed by atoms with Gasteiger partial charge in [0.25, 0.3) is 5.56 Å². The van der Waals surface area contributed by atoms with Gasteiger partial charge >= 0.3 is 11.9 Å². The van der Waals surface area contributed by atoms with Gasteiger partial charge in [-0.25, -0.2) is 14.0 Å². The smallest absolute Gasteiger partial charge is 0.357 e. The highest BCUT2D eigenvalue weighted by molar-refractivity contribution is 5.93. The summed E-state index contributed by atoms with van der Waals surface area (Å²) in [5.41, 5.74) is -0.959. The second-order valence-electron chi connectivity index (χ2n) is 6.19. The standard InChI is InChI=1S/C22H14FN3O5/c1-31-22(30)14-5-2-13(3-6-14)4-11-17-18(12-24)20(27)26(25-19(17)21(28)29)16-9-7-15(23)8-10-16/h2-11H,1H3,(H,28,29)/b11-4-. The van der Waals surface area contributed by atoms with Gasteiger partial charge in [-0.05, 0) is 42.0 Å². The maximum absolute atomic E-state index is 13.2. The molecule has 0 fully saturated rings. The lowest BCUT2D eigenvalue weighted by molar-refractivity contribution is 0.0599. The number of benzene rings is 2. The van der Waals surface area contributed by atoms with Crippen molar-refractivity contribution in [2.45, 2.75) is 0 Å². The average Bonchev–Trinajstić information content (AvgIpc) is 2.78. The number of halogens is 1. The van der Waals surface area contributed by atoms with Crippen molar-refractivity contribution in [2.75, 3.05) is 7.11 Å². The maximum Gasteiger partial charge on any atom is 0.357 e. The SMILES string of the molecule is COC(=O)c1ccc(/C=C\c2c(C(=O)O)nn(-c3ccc(F)cc3)c(=O)c2C#N)cc1. The van der Waals surface area contributed by atoms with Crippen LogP contribution in [0.4, 0.5) is 4.39 Å². The molecule has 0 unspecified atom stereocenters. The largest absolute Gasteiger partial charge is 0.476 e. The highest BCUT2D eigenvalue weighted by Gasteiger charge is 2.21. The third-order valence-corrected chi connectivity index (χ3v) is 4.29. The van der Waals surface area contributed by atoms with Crippen LogP contribution in [0.1, 0.15) is 37.5 Å². The Morgan fingerprint density at radius 3 is 2.32 bits per heavy atom. The van der Waals surface area contributed by atoms with E-state index in [0.29, 0.717) is 11.1 Å². The number of nitrogens with zero attached hydrogens (tertiary/aromatic N) is 3. The molecule has 0 saturated heterocycles. The number of carboxylic acid groups (broad SMARTS) is 1. The van der Waals surface area contributed by atoms with Gasteiger partial charge in [0.2, 0.25) is 0 Å². The van der Waals surface area contributed by atoms with Crippen LogP contribution in [0.15, 0.2) is 53.3 Å². The van der Waals surface area contributed by atoms with Crippen molar-refractivity contribution < 1.29 is 23.8 Å². The summed E-state index contributed by atoms with van der Waals surface area (Å²) < 4.78 is 18.5. The van der Waals surface area contributed by atoms with Gasteiger partial charge in [0.1, 0.15) is 17.4 Å². The molecule has 2 aromatic carbocycles. The maximum atomic E-state index is 13.2. The van der Waals surface area contributed by atoms with Crippen LogP contribution >= 0.6 is 0 Å². The average molecular weight is 419 g/mol. The topological polar surface area (TPSA) is 122 Å². The van der Waals surface area contributed by atoms with Gasteiger partial charge in [0, 0.05) is 5.56 Å². The Labute approximate surface area is 175 Å². The Balaban J connectivity index is 2.10. The number of methoxy groups -OCH3 is 1. The Morgan fingerprint density at radius 1 is 1.13 bits per heavy atom. The fourth-order valence-corrected chi connectivity index (χ4v) is 2.75. The van der Waals surface area contributed by atoms with Gasteiger partial charge in [-0.2, -0.15) is 15.0 Å². The summed E-state index contributed by atoms with van der Waals surface area (Å²) in [6.45, 7) is 0. The first-order chi connectivity index (χ1) is 14.8. The van der Waals surface area contributed by atoms with Crippen molar-refractivity contribution in [2.24, 2.45) is 0 Å².